The lowest BCUT2D eigenvalue weighted by atomic mass is 10.1. The zero-order valence-corrected chi connectivity index (χ0v) is 11.5. The lowest BCUT2D eigenvalue weighted by molar-refractivity contribution is 0.174. The normalized spacial score (nSPS) is 12.7. The van der Waals surface area contributed by atoms with Crippen LogP contribution in [0.25, 0.3) is 0 Å². The number of aryl methyl sites for hydroxylation is 1. The lowest BCUT2D eigenvalue weighted by Crippen LogP contribution is -2.09. The van der Waals surface area contributed by atoms with E-state index in [-0.39, 0.29) is 0 Å². The molecule has 0 radical (unpaired) electrons. The van der Waals surface area contributed by atoms with Gasteiger partial charge in [0.2, 0.25) is 0 Å². The summed E-state index contributed by atoms with van der Waals surface area (Å²) in [5.41, 5.74) is 0.562. The van der Waals surface area contributed by atoms with Crippen molar-refractivity contribution in [3.05, 3.63) is 52.0 Å². The highest BCUT2D eigenvalue weighted by Gasteiger charge is 2.17. The molecule has 0 saturated carbocycles. The Balaban J connectivity index is 2.25. The zero-order chi connectivity index (χ0) is 13.1. The van der Waals surface area contributed by atoms with E-state index in [1.807, 2.05) is 17.7 Å². The lowest BCUT2D eigenvalue weighted by Gasteiger charge is -2.14. The van der Waals surface area contributed by atoms with Gasteiger partial charge in [0.1, 0.15) is 5.82 Å². The average Bonchev–Trinajstić information content (AvgIpc) is 2.76. The molecule has 18 heavy (non-hydrogen) atoms. The molecule has 1 aromatic heterocycles. The maximum atomic E-state index is 10.3. The Morgan fingerprint density at radius 3 is 2.61 bits per heavy atom. The first-order valence-electron chi connectivity index (χ1n) is 5.75. The molecule has 0 fully saturated rings. The Bertz CT molecular complexity index is 519. The van der Waals surface area contributed by atoms with Gasteiger partial charge < -0.3 is 9.67 Å². The van der Waals surface area contributed by atoms with Gasteiger partial charge in [0.05, 0.1) is 6.10 Å². The number of halogens is 2. The van der Waals surface area contributed by atoms with Crippen molar-refractivity contribution in [2.75, 3.05) is 0 Å². The van der Waals surface area contributed by atoms with Gasteiger partial charge in [-0.05, 0) is 19.1 Å². The summed E-state index contributed by atoms with van der Waals surface area (Å²) in [4.78, 5) is 4.23. The van der Waals surface area contributed by atoms with Gasteiger partial charge in [-0.2, -0.15) is 0 Å². The highest BCUT2D eigenvalue weighted by Crippen LogP contribution is 2.31. The summed E-state index contributed by atoms with van der Waals surface area (Å²) >= 11 is 12.1. The van der Waals surface area contributed by atoms with Gasteiger partial charge in [0.15, 0.2) is 0 Å². The van der Waals surface area contributed by atoms with E-state index in [1.165, 1.54) is 0 Å². The molecular formula is C13H14Cl2N2O. The maximum absolute atomic E-state index is 10.3. The molecule has 0 aliphatic carbocycles. The molecule has 1 aromatic carbocycles. The monoisotopic (exact) mass is 284 g/mol. The third kappa shape index (κ3) is 2.69. The van der Waals surface area contributed by atoms with Gasteiger partial charge >= 0.3 is 0 Å². The Hall–Kier alpha value is -1.03. The smallest absolute Gasteiger partial charge is 0.111 e. The van der Waals surface area contributed by atoms with Crippen LogP contribution in [-0.4, -0.2) is 14.7 Å². The van der Waals surface area contributed by atoms with E-state index in [0.29, 0.717) is 22.0 Å². The summed E-state index contributed by atoms with van der Waals surface area (Å²) in [5.74, 6) is 0.820. The zero-order valence-electron chi connectivity index (χ0n) is 9.98. The van der Waals surface area contributed by atoms with Gasteiger partial charge in [-0.3, -0.25) is 0 Å². The Morgan fingerprint density at radius 1 is 1.33 bits per heavy atom. The molecule has 2 rings (SSSR count). The van der Waals surface area contributed by atoms with E-state index in [0.717, 1.165) is 12.4 Å². The molecule has 1 unspecified atom stereocenters. The topological polar surface area (TPSA) is 38.0 Å². The van der Waals surface area contributed by atoms with Crippen molar-refractivity contribution in [1.29, 1.82) is 0 Å². The molecule has 0 saturated heterocycles. The second-order valence-electron chi connectivity index (χ2n) is 3.98. The van der Waals surface area contributed by atoms with Gasteiger partial charge in [-0.1, -0.05) is 29.3 Å². The van der Waals surface area contributed by atoms with E-state index in [1.54, 1.807) is 24.4 Å². The third-order valence-electron chi connectivity index (χ3n) is 2.85. The van der Waals surface area contributed by atoms with E-state index in [2.05, 4.69) is 4.98 Å². The van der Waals surface area contributed by atoms with E-state index >= 15 is 0 Å². The van der Waals surface area contributed by atoms with Crippen LogP contribution in [0.1, 0.15) is 24.4 Å². The van der Waals surface area contributed by atoms with Gasteiger partial charge in [0.25, 0.3) is 0 Å². The van der Waals surface area contributed by atoms with Crippen LogP contribution in [0.2, 0.25) is 10.0 Å². The van der Waals surface area contributed by atoms with Crippen LogP contribution in [0.4, 0.5) is 0 Å². The van der Waals surface area contributed by atoms with Crippen LogP contribution in [-0.2, 0) is 13.0 Å². The van der Waals surface area contributed by atoms with Crippen LogP contribution >= 0.6 is 23.2 Å². The van der Waals surface area contributed by atoms with Crippen molar-refractivity contribution in [3.63, 3.8) is 0 Å². The maximum Gasteiger partial charge on any atom is 0.111 e. The number of rotatable bonds is 4. The van der Waals surface area contributed by atoms with Crippen molar-refractivity contribution in [1.82, 2.24) is 9.55 Å². The molecule has 0 amide bonds. The van der Waals surface area contributed by atoms with Crippen molar-refractivity contribution in [3.8, 4) is 0 Å². The molecule has 3 nitrogen and oxygen atoms in total. The second-order valence-corrected chi connectivity index (χ2v) is 4.80. The minimum atomic E-state index is -0.751. The Labute approximate surface area is 116 Å². The van der Waals surface area contributed by atoms with E-state index in [9.17, 15) is 5.11 Å². The predicted octanol–water partition coefficient (Wildman–Crippen LogP) is 3.49. The van der Waals surface area contributed by atoms with Crippen LogP contribution in [0.5, 0.6) is 0 Å². The molecule has 0 spiro atoms. The molecule has 2 aromatic rings. The molecule has 1 heterocycles. The SMILES string of the molecule is CCn1ccnc1CC(O)c1c(Cl)cccc1Cl. The highest BCUT2D eigenvalue weighted by molar-refractivity contribution is 6.36. The number of aliphatic hydroxyl groups is 1. The summed E-state index contributed by atoms with van der Waals surface area (Å²) < 4.78 is 1.98. The minimum Gasteiger partial charge on any atom is -0.388 e. The number of hydrogen-bond acceptors (Lipinski definition) is 2. The fourth-order valence-corrected chi connectivity index (χ4v) is 2.57. The number of benzene rings is 1. The van der Waals surface area contributed by atoms with Crippen LogP contribution in [0.15, 0.2) is 30.6 Å². The molecular weight excluding hydrogens is 271 g/mol. The van der Waals surface area contributed by atoms with Crippen LogP contribution in [0.3, 0.4) is 0 Å². The van der Waals surface area contributed by atoms with Crippen molar-refractivity contribution >= 4 is 23.2 Å². The first kappa shape index (κ1) is 13.4. The summed E-state index contributed by atoms with van der Waals surface area (Å²) in [6.07, 6.45) is 3.25. The molecule has 5 heteroatoms. The quantitative estimate of drug-likeness (QED) is 0.933. The molecule has 0 aliphatic heterocycles. The summed E-state index contributed by atoms with van der Waals surface area (Å²) in [6, 6.07) is 5.20. The van der Waals surface area contributed by atoms with Gasteiger partial charge in [-0.15, -0.1) is 0 Å². The van der Waals surface area contributed by atoms with Crippen molar-refractivity contribution < 1.29 is 5.11 Å². The Kier molecular flexibility index (Phi) is 4.27. The first-order chi connectivity index (χ1) is 8.63. The largest absolute Gasteiger partial charge is 0.388 e. The van der Waals surface area contributed by atoms with Crippen LogP contribution in [0, 0.1) is 0 Å². The van der Waals surface area contributed by atoms with Gasteiger partial charge in [0, 0.05) is 41.0 Å². The molecule has 1 N–H and O–H groups in total. The number of imidazole rings is 1. The number of aromatic nitrogens is 2. The molecule has 96 valence electrons. The molecule has 1 atom stereocenters. The predicted molar refractivity (Wildman–Crippen MR) is 73.0 cm³/mol. The summed E-state index contributed by atoms with van der Waals surface area (Å²) in [6.45, 7) is 2.85. The van der Waals surface area contributed by atoms with Crippen molar-refractivity contribution in [2.24, 2.45) is 0 Å². The Morgan fingerprint density at radius 2 is 2.00 bits per heavy atom. The summed E-state index contributed by atoms with van der Waals surface area (Å²) in [5, 5.41) is 11.2. The molecule has 0 aliphatic rings. The fourth-order valence-electron chi connectivity index (χ4n) is 1.92. The van der Waals surface area contributed by atoms with Gasteiger partial charge in [-0.25, -0.2) is 4.98 Å². The van der Waals surface area contributed by atoms with E-state index in [4.69, 9.17) is 23.2 Å². The molecule has 0 bridgehead atoms. The van der Waals surface area contributed by atoms with Crippen molar-refractivity contribution in [2.45, 2.75) is 26.0 Å². The standard InChI is InChI=1S/C13H14Cl2N2O/c1-2-17-7-6-16-12(17)8-11(18)13-9(14)4-3-5-10(13)15/h3-7,11,18H,2,8H2,1H3. The average molecular weight is 285 g/mol. The second kappa shape index (κ2) is 5.74. The number of nitrogens with zero attached hydrogens (tertiary/aromatic N) is 2. The third-order valence-corrected chi connectivity index (χ3v) is 3.51. The number of hydrogen-bond donors (Lipinski definition) is 1. The summed E-state index contributed by atoms with van der Waals surface area (Å²) in [7, 11) is 0. The van der Waals surface area contributed by atoms with Crippen LogP contribution < -0.4 is 0 Å². The minimum absolute atomic E-state index is 0.393. The first-order valence-corrected chi connectivity index (χ1v) is 6.51. The highest BCUT2D eigenvalue weighted by atomic mass is 35.5. The fraction of sp³-hybridized carbons (Fsp3) is 0.308. The van der Waals surface area contributed by atoms with E-state index < -0.39 is 6.10 Å². The number of aliphatic hydroxyl groups excluding tert-OH is 1.